The van der Waals surface area contributed by atoms with E-state index in [0.29, 0.717) is 12.5 Å². The Hall–Kier alpha value is -0.870. The highest BCUT2D eigenvalue weighted by Gasteiger charge is 2.54. The van der Waals surface area contributed by atoms with Crippen LogP contribution in [0.25, 0.3) is 0 Å². The number of nitrogens with two attached hydrogens (primary N) is 1. The summed E-state index contributed by atoms with van der Waals surface area (Å²) >= 11 is 0. The van der Waals surface area contributed by atoms with E-state index in [2.05, 4.69) is 12.0 Å². The normalized spacial score (nSPS) is 30.6. The lowest BCUT2D eigenvalue weighted by atomic mass is 10.0. The number of hydrogen-bond donors (Lipinski definition) is 2. The van der Waals surface area contributed by atoms with Crippen LogP contribution in [-0.4, -0.2) is 28.0 Å². The minimum absolute atomic E-state index is 0.0625. The second-order valence-corrected chi connectivity index (χ2v) is 4.05. The van der Waals surface area contributed by atoms with Gasteiger partial charge in [0.15, 0.2) is 0 Å². The summed E-state index contributed by atoms with van der Waals surface area (Å²) < 4.78 is 1.98. The van der Waals surface area contributed by atoms with Crippen molar-refractivity contribution in [2.75, 3.05) is 13.2 Å². The van der Waals surface area contributed by atoms with E-state index in [1.807, 2.05) is 16.9 Å². The lowest BCUT2D eigenvalue weighted by molar-refractivity contribution is 0.210. The highest BCUT2D eigenvalue weighted by molar-refractivity contribution is 5.24. The van der Waals surface area contributed by atoms with E-state index in [1.54, 1.807) is 0 Å². The van der Waals surface area contributed by atoms with Crippen LogP contribution in [-0.2, 0) is 6.54 Å². The molecule has 1 aliphatic carbocycles. The average Bonchev–Trinajstić information content (AvgIpc) is 2.77. The van der Waals surface area contributed by atoms with Gasteiger partial charge in [-0.1, -0.05) is 0 Å². The molecular formula is C10H17N3O. The fourth-order valence-electron chi connectivity index (χ4n) is 2.13. The van der Waals surface area contributed by atoms with E-state index in [9.17, 15) is 5.11 Å². The van der Waals surface area contributed by atoms with Gasteiger partial charge in [-0.2, -0.15) is 5.10 Å². The van der Waals surface area contributed by atoms with Crippen molar-refractivity contribution in [2.24, 2.45) is 11.1 Å². The van der Waals surface area contributed by atoms with Gasteiger partial charge in [0, 0.05) is 36.3 Å². The molecule has 1 aromatic heterocycles. The predicted molar refractivity (Wildman–Crippen MR) is 53.8 cm³/mol. The standard InChI is InChI=1S/C10H17N3O/c1-2-13-9(3-4-12-13)8-5-10(8,6-11)7-14/h3-4,8,14H,2,5-7,11H2,1H3. The summed E-state index contributed by atoms with van der Waals surface area (Å²) in [5.41, 5.74) is 6.83. The molecule has 78 valence electrons. The van der Waals surface area contributed by atoms with E-state index in [0.717, 1.165) is 13.0 Å². The second kappa shape index (κ2) is 3.37. The quantitative estimate of drug-likeness (QED) is 0.727. The van der Waals surface area contributed by atoms with Crippen molar-refractivity contribution in [2.45, 2.75) is 25.8 Å². The Morgan fingerprint density at radius 3 is 3.07 bits per heavy atom. The Morgan fingerprint density at radius 1 is 1.79 bits per heavy atom. The number of aromatic nitrogens is 2. The molecule has 1 aromatic rings. The minimum atomic E-state index is -0.0625. The molecule has 0 radical (unpaired) electrons. The van der Waals surface area contributed by atoms with Gasteiger partial charge in [0.1, 0.15) is 0 Å². The summed E-state index contributed by atoms with van der Waals surface area (Å²) in [6.45, 7) is 3.69. The Morgan fingerprint density at radius 2 is 2.57 bits per heavy atom. The maximum absolute atomic E-state index is 9.28. The van der Waals surface area contributed by atoms with Crippen LogP contribution in [0, 0.1) is 5.41 Å². The van der Waals surface area contributed by atoms with Crippen LogP contribution in [0.1, 0.15) is 25.0 Å². The second-order valence-electron chi connectivity index (χ2n) is 4.05. The molecule has 0 aromatic carbocycles. The zero-order valence-corrected chi connectivity index (χ0v) is 8.48. The monoisotopic (exact) mass is 195 g/mol. The van der Waals surface area contributed by atoms with Crippen LogP contribution in [0.3, 0.4) is 0 Å². The lowest BCUT2D eigenvalue weighted by Crippen LogP contribution is -2.22. The number of nitrogens with zero attached hydrogens (tertiary/aromatic N) is 2. The van der Waals surface area contributed by atoms with Crippen molar-refractivity contribution in [1.82, 2.24) is 9.78 Å². The van der Waals surface area contributed by atoms with Crippen LogP contribution in [0.15, 0.2) is 12.3 Å². The molecule has 0 bridgehead atoms. The fourth-order valence-corrected chi connectivity index (χ4v) is 2.13. The van der Waals surface area contributed by atoms with Gasteiger partial charge in [-0.05, 0) is 19.4 Å². The summed E-state index contributed by atoms with van der Waals surface area (Å²) in [5, 5.41) is 13.5. The number of rotatable bonds is 4. The largest absolute Gasteiger partial charge is 0.396 e. The van der Waals surface area contributed by atoms with Crippen LogP contribution >= 0.6 is 0 Å². The Balaban J connectivity index is 2.19. The summed E-state index contributed by atoms with van der Waals surface area (Å²) in [5.74, 6) is 0.403. The van der Waals surface area contributed by atoms with E-state index >= 15 is 0 Å². The summed E-state index contributed by atoms with van der Waals surface area (Å²) in [7, 11) is 0. The Bertz CT molecular complexity index is 317. The molecule has 1 fully saturated rings. The first-order valence-electron chi connectivity index (χ1n) is 5.10. The van der Waals surface area contributed by atoms with Gasteiger partial charge in [0.25, 0.3) is 0 Å². The van der Waals surface area contributed by atoms with E-state index in [-0.39, 0.29) is 12.0 Å². The summed E-state index contributed by atoms with van der Waals surface area (Å²) in [6.07, 6.45) is 2.81. The van der Waals surface area contributed by atoms with Gasteiger partial charge in [0.2, 0.25) is 0 Å². The molecule has 4 heteroatoms. The van der Waals surface area contributed by atoms with Gasteiger partial charge in [-0.15, -0.1) is 0 Å². The lowest BCUT2D eigenvalue weighted by Gasteiger charge is -2.11. The topological polar surface area (TPSA) is 64.1 Å². The Kier molecular flexibility index (Phi) is 2.33. The number of aliphatic hydroxyl groups is 1. The maximum atomic E-state index is 9.28. The molecule has 1 aliphatic rings. The van der Waals surface area contributed by atoms with Gasteiger partial charge in [-0.25, -0.2) is 0 Å². The van der Waals surface area contributed by atoms with Crippen LogP contribution in [0.4, 0.5) is 0 Å². The van der Waals surface area contributed by atoms with Crippen LogP contribution in [0.2, 0.25) is 0 Å². The molecule has 0 saturated heterocycles. The number of aryl methyl sites for hydroxylation is 1. The molecule has 1 saturated carbocycles. The molecule has 0 spiro atoms. The van der Waals surface area contributed by atoms with Gasteiger partial charge < -0.3 is 10.8 Å². The molecule has 14 heavy (non-hydrogen) atoms. The average molecular weight is 195 g/mol. The van der Waals surface area contributed by atoms with Gasteiger partial charge in [0.05, 0.1) is 6.61 Å². The third-order valence-electron chi connectivity index (χ3n) is 3.32. The van der Waals surface area contributed by atoms with Crippen molar-refractivity contribution in [3.05, 3.63) is 18.0 Å². The third-order valence-corrected chi connectivity index (χ3v) is 3.32. The van der Waals surface area contributed by atoms with E-state index in [4.69, 9.17) is 5.73 Å². The first-order valence-corrected chi connectivity index (χ1v) is 5.10. The smallest absolute Gasteiger partial charge is 0.0506 e. The third kappa shape index (κ3) is 1.26. The maximum Gasteiger partial charge on any atom is 0.0506 e. The van der Waals surface area contributed by atoms with Crippen LogP contribution < -0.4 is 5.73 Å². The molecule has 3 N–H and O–H groups in total. The molecule has 0 aliphatic heterocycles. The van der Waals surface area contributed by atoms with Crippen molar-refractivity contribution < 1.29 is 5.11 Å². The van der Waals surface area contributed by atoms with Crippen molar-refractivity contribution in [3.8, 4) is 0 Å². The predicted octanol–water partition coefficient (Wildman–Crippen LogP) is 0.328. The van der Waals surface area contributed by atoms with E-state index in [1.165, 1.54) is 5.69 Å². The first-order chi connectivity index (χ1) is 6.77. The summed E-state index contributed by atoms with van der Waals surface area (Å²) in [6, 6.07) is 2.03. The van der Waals surface area contributed by atoms with Crippen molar-refractivity contribution in [1.29, 1.82) is 0 Å². The fraction of sp³-hybridized carbons (Fsp3) is 0.700. The zero-order chi connectivity index (χ0) is 10.2. The van der Waals surface area contributed by atoms with Gasteiger partial charge >= 0.3 is 0 Å². The zero-order valence-electron chi connectivity index (χ0n) is 8.48. The van der Waals surface area contributed by atoms with Crippen molar-refractivity contribution in [3.63, 3.8) is 0 Å². The molecule has 2 rings (SSSR count). The van der Waals surface area contributed by atoms with Gasteiger partial charge in [-0.3, -0.25) is 4.68 Å². The molecule has 2 atom stereocenters. The highest BCUT2D eigenvalue weighted by atomic mass is 16.3. The molecule has 1 heterocycles. The minimum Gasteiger partial charge on any atom is -0.396 e. The molecule has 4 nitrogen and oxygen atoms in total. The molecule has 2 unspecified atom stereocenters. The van der Waals surface area contributed by atoms with Crippen molar-refractivity contribution >= 4 is 0 Å². The SMILES string of the molecule is CCn1nccc1C1CC1(CN)CO. The number of hydrogen-bond acceptors (Lipinski definition) is 3. The molecular weight excluding hydrogens is 178 g/mol. The van der Waals surface area contributed by atoms with E-state index < -0.39 is 0 Å². The Labute approximate surface area is 83.7 Å². The highest BCUT2D eigenvalue weighted by Crippen LogP contribution is 2.58. The van der Waals surface area contributed by atoms with Crippen LogP contribution in [0.5, 0.6) is 0 Å². The first kappa shape index (κ1) is 9.68. The molecule has 0 amide bonds. The number of aliphatic hydroxyl groups excluding tert-OH is 1. The summed E-state index contributed by atoms with van der Waals surface area (Å²) in [4.78, 5) is 0.